The van der Waals surface area contributed by atoms with Crippen molar-refractivity contribution in [2.24, 2.45) is 0 Å². The van der Waals surface area contributed by atoms with Crippen molar-refractivity contribution >= 4 is 27.3 Å². The number of aryl methyl sites for hydroxylation is 1. The van der Waals surface area contributed by atoms with Gasteiger partial charge in [-0.05, 0) is 44.0 Å². The molecule has 1 aliphatic rings. The average molecular weight is 397 g/mol. The van der Waals surface area contributed by atoms with Crippen LogP contribution in [0.5, 0.6) is 0 Å². The van der Waals surface area contributed by atoms with E-state index in [1.807, 2.05) is 12.3 Å². The van der Waals surface area contributed by atoms with Gasteiger partial charge in [-0.25, -0.2) is 17.8 Å². The molecular weight excluding hydrogens is 377 g/mol. The topological polar surface area (TPSA) is 79.4 Å². The number of amides is 1. The van der Waals surface area contributed by atoms with E-state index in [1.54, 1.807) is 11.3 Å². The maximum Gasteiger partial charge on any atom is 0.243 e. The summed E-state index contributed by atoms with van der Waals surface area (Å²) in [6.07, 6.45) is 1.69. The third-order valence-corrected chi connectivity index (χ3v) is 7.02. The molecule has 0 bridgehead atoms. The molecule has 3 rings (SSSR count). The van der Waals surface area contributed by atoms with Crippen molar-refractivity contribution < 1.29 is 17.6 Å². The molecule has 1 amide bonds. The Morgan fingerprint density at radius 3 is 2.77 bits per heavy atom. The van der Waals surface area contributed by atoms with Crippen molar-refractivity contribution in [3.8, 4) is 0 Å². The van der Waals surface area contributed by atoms with Gasteiger partial charge in [-0.15, -0.1) is 11.3 Å². The van der Waals surface area contributed by atoms with Crippen LogP contribution in [0.1, 0.15) is 23.5 Å². The number of carbonyl (C=O) groups excluding carboxylic acids is 1. The largest absolute Gasteiger partial charge is 0.354 e. The summed E-state index contributed by atoms with van der Waals surface area (Å²) in [5, 5.41) is 5.72. The van der Waals surface area contributed by atoms with Gasteiger partial charge < -0.3 is 5.32 Å². The zero-order valence-corrected chi connectivity index (χ0v) is 15.9. The third kappa shape index (κ3) is 4.11. The molecule has 0 radical (unpaired) electrons. The molecule has 0 unspecified atom stereocenters. The van der Waals surface area contributed by atoms with E-state index in [2.05, 4.69) is 10.3 Å². The summed E-state index contributed by atoms with van der Waals surface area (Å²) in [7, 11) is -3.83. The minimum atomic E-state index is -3.83. The van der Waals surface area contributed by atoms with Gasteiger partial charge in [0.2, 0.25) is 15.9 Å². The van der Waals surface area contributed by atoms with Gasteiger partial charge in [-0.3, -0.25) is 4.79 Å². The molecule has 0 aliphatic carbocycles. The summed E-state index contributed by atoms with van der Waals surface area (Å²) in [5.41, 5.74) is 0.912. The van der Waals surface area contributed by atoms with E-state index in [-0.39, 0.29) is 17.3 Å². The normalized spacial score (nSPS) is 18.2. The van der Waals surface area contributed by atoms with E-state index >= 15 is 0 Å². The van der Waals surface area contributed by atoms with Crippen molar-refractivity contribution in [3.63, 3.8) is 0 Å². The Kier molecular flexibility index (Phi) is 5.69. The fraction of sp³-hybridized carbons (Fsp3) is 0.412. The number of aromatic nitrogens is 1. The molecule has 26 heavy (non-hydrogen) atoms. The van der Waals surface area contributed by atoms with Crippen LogP contribution >= 0.6 is 11.3 Å². The molecular formula is C17H20FN3O3S2. The van der Waals surface area contributed by atoms with E-state index in [9.17, 15) is 17.6 Å². The Hall–Kier alpha value is -1.84. The maximum absolute atomic E-state index is 13.1. The highest BCUT2D eigenvalue weighted by Crippen LogP contribution is 2.26. The van der Waals surface area contributed by atoms with Crippen LogP contribution in [0.2, 0.25) is 0 Å². The lowest BCUT2D eigenvalue weighted by molar-refractivity contribution is -0.124. The van der Waals surface area contributed by atoms with E-state index in [4.69, 9.17) is 0 Å². The number of sulfonamides is 1. The van der Waals surface area contributed by atoms with Gasteiger partial charge in [-0.2, -0.15) is 4.31 Å². The van der Waals surface area contributed by atoms with Crippen LogP contribution in [-0.2, 0) is 21.2 Å². The second-order valence-electron chi connectivity index (χ2n) is 6.13. The van der Waals surface area contributed by atoms with Crippen molar-refractivity contribution in [1.82, 2.24) is 14.6 Å². The highest BCUT2D eigenvalue weighted by molar-refractivity contribution is 7.89. The fourth-order valence-corrected chi connectivity index (χ4v) is 5.29. The summed E-state index contributed by atoms with van der Waals surface area (Å²) < 4.78 is 39.8. The van der Waals surface area contributed by atoms with Gasteiger partial charge >= 0.3 is 0 Å². The Balaban J connectivity index is 1.65. The number of nitrogens with zero attached hydrogens (tertiary/aromatic N) is 2. The minimum absolute atomic E-state index is 0.00320. The molecule has 1 atom stereocenters. The van der Waals surface area contributed by atoms with Crippen LogP contribution in [0.15, 0.2) is 34.5 Å². The molecule has 140 valence electrons. The number of rotatable bonds is 6. The smallest absolute Gasteiger partial charge is 0.243 e. The standard InChI is InChI=1S/C17H20FN3O3S2/c1-12-20-14(11-25-12)8-9-19-17(22)16-3-2-10-21(16)26(23,24)15-6-4-13(18)5-7-15/h4-7,11,16H,2-3,8-10H2,1H3,(H,19,22)/t16-/m1/s1. The molecule has 2 heterocycles. The maximum atomic E-state index is 13.1. The predicted octanol–water partition coefficient (Wildman–Crippen LogP) is 2.10. The van der Waals surface area contributed by atoms with Crippen LogP contribution in [0.4, 0.5) is 4.39 Å². The number of carbonyl (C=O) groups is 1. The first-order valence-corrected chi connectivity index (χ1v) is 10.7. The average Bonchev–Trinajstić information content (AvgIpc) is 3.24. The summed E-state index contributed by atoms with van der Waals surface area (Å²) >= 11 is 1.55. The van der Waals surface area contributed by atoms with E-state index < -0.39 is 21.9 Å². The number of thiazole rings is 1. The van der Waals surface area contributed by atoms with Crippen LogP contribution < -0.4 is 5.32 Å². The SMILES string of the molecule is Cc1nc(CCNC(=O)[C@H]2CCCN2S(=O)(=O)c2ccc(F)cc2)cs1. The molecule has 1 fully saturated rings. The van der Waals surface area contributed by atoms with Gasteiger partial charge in [0.25, 0.3) is 0 Å². The molecule has 1 aromatic carbocycles. The molecule has 6 nitrogen and oxygen atoms in total. The summed E-state index contributed by atoms with van der Waals surface area (Å²) in [5.74, 6) is -0.808. The lowest BCUT2D eigenvalue weighted by Crippen LogP contribution is -2.46. The molecule has 9 heteroatoms. The Morgan fingerprint density at radius 2 is 2.12 bits per heavy atom. The summed E-state index contributed by atoms with van der Waals surface area (Å²) in [6, 6.07) is 3.93. The molecule has 1 N–H and O–H groups in total. The number of benzene rings is 1. The van der Waals surface area contributed by atoms with Crippen LogP contribution in [0.3, 0.4) is 0 Å². The quantitative estimate of drug-likeness (QED) is 0.810. The Bertz CT molecular complexity index is 881. The lowest BCUT2D eigenvalue weighted by Gasteiger charge is -2.23. The minimum Gasteiger partial charge on any atom is -0.354 e. The molecule has 1 saturated heterocycles. The number of hydrogen-bond donors (Lipinski definition) is 1. The Morgan fingerprint density at radius 1 is 1.38 bits per heavy atom. The fourth-order valence-electron chi connectivity index (χ4n) is 2.99. The van der Waals surface area contributed by atoms with E-state index in [1.165, 1.54) is 16.4 Å². The molecule has 2 aromatic rings. The lowest BCUT2D eigenvalue weighted by atomic mass is 10.2. The zero-order chi connectivity index (χ0) is 18.7. The highest BCUT2D eigenvalue weighted by atomic mass is 32.2. The molecule has 1 aromatic heterocycles. The predicted molar refractivity (Wildman–Crippen MR) is 96.9 cm³/mol. The van der Waals surface area contributed by atoms with Crippen molar-refractivity contribution in [1.29, 1.82) is 0 Å². The number of hydrogen-bond acceptors (Lipinski definition) is 5. The van der Waals surface area contributed by atoms with Crippen molar-refractivity contribution in [2.45, 2.75) is 37.1 Å². The first-order valence-electron chi connectivity index (χ1n) is 8.34. The van der Waals surface area contributed by atoms with Gasteiger partial charge in [0.1, 0.15) is 11.9 Å². The van der Waals surface area contributed by atoms with Gasteiger partial charge in [0.15, 0.2) is 0 Å². The zero-order valence-electron chi connectivity index (χ0n) is 14.3. The molecule has 0 saturated carbocycles. The van der Waals surface area contributed by atoms with Crippen molar-refractivity contribution in [3.05, 3.63) is 46.2 Å². The second kappa shape index (κ2) is 7.81. The van der Waals surface area contributed by atoms with Gasteiger partial charge in [-0.1, -0.05) is 0 Å². The number of nitrogens with one attached hydrogen (secondary N) is 1. The second-order valence-corrected chi connectivity index (χ2v) is 9.08. The van der Waals surface area contributed by atoms with Crippen LogP contribution in [0, 0.1) is 12.7 Å². The van der Waals surface area contributed by atoms with Crippen molar-refractivity contribution in [2.75, 3.05) is 13.1 Å². The summed E-state index contributed by atoms with van der Waals surface area (Å²) in [6.45, 7) is 2.61. The van der Waals surface area contributed by atoms with E-state index in [0.29, 0.717) is 25.8 Å². The van der Waals surface area contributed by atoms with Gasteiger partial charge in [0.05, 0.1) is 15.6 Å². The Labute approximate surface area is 156 Å². The molecule has 0 spiro atoms. The van der Waals surface area contributed by atoms with Crippen LogP contribution in [-0.4, -0.2) is 42.7 Å². The van der Waals surface area contributed by atoms with E-state index in [0.717, 1.165) is 22.8 Å². The first-order chi connectivity index (χ1) is 12.4. The van der Waals surface area contributed by atoms with Crippen LogP contribution in [0.25, 0.3) is 0 Å². The molecule has 1 aliphatic heterocycles. The first kappa shape index (κ1) is 18.9. The number of halogens is 1. The third-order valence-electron chi connectivity index (χ3n) is 4.27. The highest BCUT2D eigenvalue weighted by Gasteiger charge is 2.39. The summed E-state index contributed by atoms with van der Waals surface area (Å²) in [4.78, 5) is 16.8. The monoisotopic (exact) mass is 397 g/mol. The van der Waals surface area contributed by atoms with Gasteiger partial charge in [0, 0.05) is 24.9 Å².